The Kier molecular flexibility index (Phi) is 9.30. The fourth-order valence-corrected chi connectivity index (χ4v) is 4.83. The van der Waals surface area contributed by atoms with E-state index < -0.39 is 31.4 Å². The number of hydrogen-bond acceptors (Lipinski definition) is 8. The molecule has 3 aromatic rings. The predicted molar refractivity (Wildman–Crippen MR) is 145 cm³/mol. The van der Waals surface area contributed by atoms with Crippen LogP contribution in [0.15, 0.2) is 47.4 Å². The Labute approximate surface area is 227 Å². The van der Waals surface area contributed by atoms with E-state index in [0.717, 1.165) is 12.1 Å². The predicted octanol–water partition coefficient (Wildman–Crippen LogP) is 4.35. The lowest BCUT2D eigenvalue weighted by Crippen LogP contribution is -2.32. The SMILES string of the molecule is CCC(C)NC(=O)c1nn(-c2ccc(OC)cc2)c(Oc2ccc([N+](=O)[O-])cc2S(=O)(=O)NCC(C)C)c1C. The highest BCUT2D eigenvalue weighted by atomic mass is 32.2. The Morgan fingerprint density at radius 2 is 1.82 bits per heavy atom. The van der Waals surface area contributed by atoms with Crippen molar-refractivity contribution in [2.24, 2.45) is 5.92 Å². The van der Waals surface area contributed by atoms with E-state index in [1.807, 2.05) is 27.7 Å². The molecule has 2 aromatic carbocycles. The summed E-state index contributed by atoms with van der Waals surface area (Å²) in [7, 11) is -2.66. The van der Waals surface area contributed by atoms with Crippen LogP contribution in [0.5, 0.6) is 17.4 Å². The van der Waals surface area contributed by atoms with Crippen LogP contribution < -0.4 is 19.5 Å². The van der Waals surface area contributed by atoms with Gasteiger partial charge in [0.1, 0.15) is 16.4 Å². The number of nitrogens with one attached hydrogen (secondary N) is 2. The number of aromatic nitrogens is 2. The molecule has 0 fully saturated rings. The Morgan fingerprint density at radius 1 is 1.15 bits per heavy atom. The van der Waals surface area contributed by atoms with E-state index in [-0.39, 0.29) is 35.8 Å². The lowest BCUT2D eigenvalue weighted by molar-refractivity contribution is -0.385. The van der Waals surface area contributed by atoms with E-state index >= 15 is 0 Å². The summed E-state index contributed by atoms with van der Waals surface area (Å²) in [5.74, 6) is 0.0780. The van der Waals surface area contributed by atoms with Gasteiger partial charge < -0.3 is 14.8 Å². The molecule has 0 aliphatic rings. The van der Waals surface area contributed by atoms with E-state index in [4.69, 9.17) is 9.47 Å². The van der Waals surface area contributed by atoms with Crippen molar-refractivity contribution >= 4 is 21.6 Å². The van der Waals surface area contributed by atoms with Gasteiger partial charge in [0.15, 0.2) is 5.69 Å². The second-order valence-electron chi connectivity index (χ2n) is 9.41. The van der Waals surface area contributed by atoms with Crippen molar-refractivity contribution in [3.05, 3.63) is 63.8 Å². The molecule has 3 rings (SSSR count). The van der Waals surface area contributed by atoms with Crippen molar-refractivity contribution in [3.8, 4) is 23.1 Å². The summed E-state index contributed by atoms with van der Waals surface area (Å²) >= 11 is 0. The number of nitrogens with zero attached hydrogens (tertiary/aromatic N) is 3. The van der Waals surface area contributed by atoms with Crippen LogP contribution in [-0.4, -0.2) is 48.7 Å². The Hall–Kier alpha value is -3.97. The van der Waals surface area contributed by atoms with Crippen molar-refractivity contribution in [1.29, 1.82) is 0 Å². The van der Waals surface area contributed by atoms with E-state index in [1.54, 1.807) is 31.2 Å². The first-order chi connectivity index (χ1) is 18.4. The molecule has 1 atom stereocenters. The number of nitro benzene ring substituents is 1. The topological polar surface area (TPSA) is 155 Å². The first-order valence-corrected chi connectivity index (χ1v) is 13.9. The van der Waals surface area contributed by atoms with Gasteiger partial charge in [0, 0.05) is 30.3 Å². The van der Waals surface area contributed by atoms with Crippen LogP contribution in [0.4, 0.5) is 5.69 Å². The molecule has 0 aliphatic heterocycles. The number of rotatable bonds is 12. The van der Waals surface area contributed by atoms with Crippen molar-refractivity contribution < 1.29 is 27.6 Å². The number of nitro groups is 1. The van der Waals surface area contributed by atoms with Gasteiger partial charge in [-0.1, -0.05) is 20.8 Å². The van der Waals surface area contributed by atoms with Gasteiger partial charge in [-0.25, -0.2) is 13.1 Å². The van der Waals surface area contributed by atoms with Crippen LogP contribution in [0.2, 0.25) is 0 Å². The molecule has 1 heterocycles. The van der Waals surface area contributed by atoms with E-state index in [0.29, 0.717) is 23.4 Å². The molecule has 0 aliphatic carbocycles. The molecule has 2 N–H and O–H groups in total. The second-order valence-corrected chi connectivity index (χ2v) is 11.1. The molecule has 0 radical (unpaired) electrons. The molecule has 0 saturated heterocycles. The van der Waals surface area contributed by atoms with E-state index in [1.165, 1.54) is 17.9 Å². The maximum atomic E-state index is 13.2. The molecule has 0 spiro atoms. The van der Waals surface area contributed by atoms with Gasteiger partial charge in [-0.15, -0.1) is 0 Å². The average Bonchev–Trinajstić information content (AvgIpc) is 3.23. The second kappa shape index (κ2) is 12.3. The summed E-state index contributed by atoms with van der Waals surface area (Å²) in [6, 6.07) is 10.0. The number of non-ortho nitro benzene ring substituents is 1. The van der Waals surface area contributed by atoms with Crippen molar-refractivity contribution in [3.63, 3.8) is 0 Å². The highest BCUT2D eigenvalue weighted by Crippen LogP contribution is 2.36. The third kappa shape index (κ3) is 6.92. The van der Waals surface area contributed by atoms with Crippen LogP contribution in [0.1, 0.15) is 50.2 Å². The van der Waals surface area contributed by atoms with Gasteiger partial charge in [-0.3, -0.25) is 14.9 Å². The first kappa shape index (κ1) is 29.6. The van der Waals surface area contributed by atoms with Gasteiger partial charge in [-0.2, -0.15) is 9.78 Å². The van der Waals surface area contributed by atoms with Gasteiger partial charge in [0.05, 0.1) is 17.7 Å². The zero-order valence-electron chi connectivity index (χ0n) is 22.7. The lowest BCUT2D eigenvalue weighted by Gasteiger charge is -2.15. The van der Waals surface area contributed by atoms with E-state index in [9.17, 15) is 23.3 Å². The molecule has 0 saturated carbocycles. The maximum Gasteiger partial charge on any atom is 0.272 e. The third-order valence-electron chi connectivity index (χ3n) is 5.91. The number of sulfonamides is 1. The zero-order valence-corrected chi connectivity index (χ0v) is 23.5. The van der Waals surface area contributed by atoms with Gasteiger partial charge >= 0.3 is 0 Å². The third-order valence-corrected chi connectivity index (χ3v) is 7.35. The number of hydrogen-bond donors (Lipinski definition) is 2. The van der Waals surface area contributed by atoms with Gasteiger partial charge in [0.2, 0.25) is 15.9 Å². The molecule has 1 unspecified atom stereocenters. The molecule has 12 nitrogen and oxygen atoms in total. The van der Waals surface area contributed by atoms with Crippen LogP contribution in [0.3, 0.4) is 0 Å². The van der Waals surface area contributed by atoms with Gasteiger partial charge in [0.25, 0.3) is 11.6 Å². The molecule has 210 valence electrons. The Morgan fingerprint density at radius 3 is 2.38 bits per heavy atom. The monoisotopic (exact) mass is 559 g/mol. The highest BCUT2D eigenvalue weighted by molar-refractivity contribution is 7.89. The van der Waals surface area contributed by atoms with Crippen molar-refractivity contribution in [1.82, 2.24) is 19.8 Å². The summed E-state index contributed by atoms with van der Waals surface area (Å²) in [6.07, 6.45) is 0.709. The number of ether oxygens (including phenoxy) is 2. The van der Waals surface area contributed by atoms with E-state index in [2.05, 4.69) is 15.1 Å². The summed E-state index contributed by atoms with van der Waals surface area (Å²) in [4.78, 5) is 23.4. The molecule has 0 bridgehead atoms. The summed E-state index contributed by atoms with van der Waals surface area (Å²) < 4.78 is 41.6. The summed E-state index contributed by atoms with van der Waals surface area (Å²) in [5, 5.41) is 18.8. The molecular weight excluding hydrogens is 526 g/mol. The lowest BCUT2D eigenvalue weighted by atomic mass is 10.2. The standard InChI is InChI=1S/C26H33N5O7S/c1-7-17(4)28-25(32)24-18(5)26(30(29-24)19-8-11-21(37-6)12-9-19)38-22-13-10-20(31(33)34)14-23(22)39(35,36)27-15-16(2)3/h8-14,16-17,27H,7,15H2,1-6H3,(H,28,32). The molecular formula is C26H33N5O7S. The van der Waals surface area contributed by atoms with Crippen molar-refractivity contribution in [2.45, 2.75) is 52.0 Å². The van der Waals surface area contributed by atoms with Gasteiger partial charge in [-0.05, 0) is 56.5 Å². The van der Waals surface area contributed by atoms with Crippen LogP contribution in [-0.2, 0) is 10.0 Å². The molecule has 13 heteroatoms. The Balaban J connectivity index is 2.18. The minimum absolute atomic E-state index is 0.00632. The largest absolute Gasteiger partial charge is 0.497 e. The summed E-state index contributed by atoms with van der Waals surface area (Å²) in [5.41, 5.74) is 0.538. The average molecular weight is 560 g/mol. The number of benzene rings is 2. The fourth-order valence-electron chi connectivity index (χ4n) is 3.47. The smallest absolute Gasteiger partial charge is 0.272 e. The fraction of sp³-hybridized carbons (Fsp3) is 0.385. The normalized spacial score (nSPS) is 12.3. The molecule has 39 heavy (non-hydrogen) atoms. The summed E-state index contributed by atoms with van der Waals surface area (Å²) in [6.45, 7) is 9.21. The first-order valence-electron chi connectivity index (χ1n) is 12.4. The minimum atomic E-state index is -4.20. The minimum Gasteiger partial charge on any atom is -0.497 e. The van der Waals surface area contributed by atoms with Crippen LogP contribution in [0, 0.1) is 23.0 Å². The van der Waals surface area contributed by atoms with Crippen LogP contribution in [0.25, 0.3) is 5.69 Å². The number of amides is 1. The van der Waals surface area contributed by atoms with Crippen molar-refractivity contribution in [2.75, 3.05) is 13.7 Å². The highest BCUT2D eigenvalue weighted by Gasteiger charge is 2.28. The van der Waals surface area contributed by atoms with Crippen LogP contribution >= 0.6 is 0 Å². The number of carbonyl (C=O) groups is 1. The molecule has 1 amide bonds. The zero-order chi connectivity index (χ0) is 28.9. The Bertz CT molecular complexity index is 1450. The quantitative estimate of drug-likeness (QED) is 0.245. The number of carbonyl (C=O) groups excluding carboxylic acids is 1. The maximum absolute atomic E-state index is 13.2. The number of methoxy groups -OCH3 is 1. The molecule has 1 aromatic heterocycles.